The van der Waals surface area contributed by atoms with Crippen molar-refractivity contribution < 1.29 is 29.0 Å². The second-order valence-corrected chi connectivity index (χ2v) is 6.04. The lowest BCUT2D eigenvalue weighted by molar-refractivity contribution is -0.120. The Morgan fingerprint density at radius 2 is 1.90 bits per heavy atom. The molecule has 30 heavy (non-hydrogen) atoms. The third kappa shape index (κ3) is 3.73. The van der Waals surface area contributed by atoms with Crippen LogP contribution in [-0.2, 0) is 9.53 Å². The topological polar surface area (TPSA) is 186 Å². The molecule has 5 N–H and O–H groups in total. The summed E-state index contributed by atoms with van der Waals surface area (Å²) in [5.74, 6) is -3.83. The van der Waals surface area contributed by atoms with Gasteiger partial charge in [-0.15, -0.1) is 0 Å². The normalized spacial score (nSPS) is 11.6. The van der Waals surface area contributed by atoms with Gasteiger partial charge in [0.15, 0.2) is 5.65 Å². The van der Waals surface area contributed by atoms with Gasteiger partial charge in [-0.2, -0.15) is 0 Å². The number of aromatic amines is 1. The number of carboxylic acids is 1. The summed E-state index contributed by atoms with van der Waals surface area (Å²) in [5.41, 5.74) is 4.23. The molecule has 3 rings (SSSR count). The van der Waals surface area contributed by atoms with Crippen LogP contribution in [-0.4, -0.2) is 50.3 Å². The molecule has 12 nitrogen and oxygen atoms in total. The number of ether oxygens (including phenoxy) is 1. The van der Waals surface area contributed by atoms with Crippen molar-refractivity contribution in [1.82, 2.24) is 19.7 Å². The van der Waals surface area contributed by atoms with E-state index in [1.165, 1.54) is 31.4 Å². The van der Waals surface area contributed by atoms with Crippen LogP contribution in [0.4, 0.5) is 0 Å². The van der Waals surface area contributed by atoms with Crippen LogP contribution in [0.5, 0.6) is 0 Å². The first-order valence-corrected chi connectivity index (χ1v) is 8.36. The predicted octanol–water partition coefficient (Wildman–Crippen LogP) is -0.536. The molecule has 1 atom stereocenters. The van der Waals surface area contributed by atoms with Crippen LogP contribution in [0.25, 0.3) is 5.65 Å². The lowest BCUT2D eigenvalue weighted by Gasteiger charge is -2.16. The fourth-order valence-corrected chi connectivity index (χ4v) is 2.75. The van der Waals surface area contributed by atoms with E-state index in [0.717, 1.165) is 16.7 Å². The highest BCUT2D eigenvalue weighted by molar-refractivity contribution is 5.98. The zero-order valence-corrected chi connectivity index (χ0v) is 15.4. The van der Waals surface area contributed by atoms with Crippen molar-refractivity contribution in [2.45, 2.75) is 6.04 Å². The van der Waals surface area contributed by atoms with Gasteiger partial charge in [0.25, 0.3) is 5.91 Å². The van der Waals surface area contributed by atoms with E-state index in [9.17, 15) is 29.1 Å². The Bertz CT molecular complexity index is 1230. The van der Waals surface area contributed by atoms with Gasteiger partial charge < -0.3 is 25.9 Å². The van der Waals surface area contributed by atoms with Gasteiger partial charge in [0.1, 0.15) is 17.4 Å². The molecule has 0 fully saturated rings. The SMILES string of the molecule is COC(=O)c1ccc([C@@H](NC(=O)c2cc(C(=O)O)n3c(=O)[nH]cc3n2)C(N)=O)cc1. The van der Waals surface area contributed by atoms with Gasteiger partial charge in [-0.3, -0.25) is 9.59 Å². The number of nitrogens with zero attached hydrogens (tertiary/aromatic N) is 2. The minimum atomic E-state index is -1.46. The monoisotopic (exact) mass is 413 g/mol. The van der Waals surface area contributed by atoms with E-state index in [-0.39, 0.29) is 22.5 Å². The van der Waals surface area contributed by atoms with E-state index in [1.807, 2.05) is 0 Å². The first kappa shape index (κ1) is 20.3. The van der Waals surface area contributed by atoms with E-state index in [4.69, 9.17) is 5.73 Å². The number of H-pyrrole nitrogens is 1. The summed E-state index contributed by atoms with van der Waals surface area (Å²) in [5, 5.41) is 11.7. The second kappa shape index (κ2) is 7.87. The Labute approximate surface area is 167 Å². The summed E-state index contributed by atoms with van der Waals surface area (Å²) in [6, 6.07) is 5.21. The largest absolute Gasteiger partial charge is 0.477 e. The van der Waals surface area contributed by atoms with Crippen LogP contribution in [0.15, 0.2) is 41.3 Å². The molecule has 0 aliphatic carbocycles. The summed E-state index contributed by atoms with van der Waals surface area (Å²) < 4.78 is 5.38. The molecule has 0 unspecified atom stereocenters. The molecular weight excluding hydrogens is 398 g/mol. The zero-order chi connectivity index (χ0) is 22.0. The summed E-state index contributed by atoms with van der Waals surface area (Å²) in [4.78, 5) is 65.5. The van der Waals surface area contributed by atoms with Gasteiger partial charge in [-0.05, 0) is 17.7 Å². The van der Waals surface area contributed by atoms with Gasteiger partial charge in [-0.25, -0.2) is 23.8 Å². The average Bonchev–Trinajstić information content (AvgIpc) is 3.11. The van der Waals surface area contributed by atoms with E-state index in [2.05, 4.69) is 20.0 Å². The number of primary amides is 1. The quantitative estimate of drug-likeness (QED) is 0.388. The van der Waals surface area contributed by atoms with Gasteiger partial charge in [0, 0.05) is 12.3 Å². The number of aromatic nitrogens is 3. The third-order valence-corrected chi connectivity index (χ3v) is 4.18. The van der Waals surface area contributed by atoms with Crippen molar-refractivity contribution in [3.05, 3.63) is 69.5 Å². The minimum Gasteiger partial charge on any atom is -0.477 e. The molecule has 12 heteroatoms. The minimum absolute atomic E-state index is 0.0943. The number of fused-ring (bicyclic) bond motifs is 1. The first-order valence-electron chi connectivity index (χ1n) is 8.36. The number of hydrogen-bond donors (Lipinski definition) is 4. The van der Waals surface area contributed by atoms with Crippen LogP contribution >= 0.6 is 0 Å². The number of amides is 2. The Balaban J connectivity index is 1.94. The van der Waals surface area contributed by atoms with Crippen molar-refractivity contribution in [2.75, 3.05) is 7.11 Å². The Hall–Kier alpha value is -4.48. The van der Waals surface area contributed by atoms with Crippen LogP contribution in [0.3, 0.4) is 0 Å². The van der Waals surface area contributed by atoms with Gasteiger partial charge >= 0.3 is 17.6 Å². The molecule has 0 saturated heterocycles. The zero-order valence-electron chi connectivity index (χ0n) is 15.4. The number of aromatic carboxylic acids is 1. The highest BCUT2D eigenvalue weighted by Crippen LogP contribution is 2.16. The lowest BCUT2D eigenvalue weighted by atomic mass is 10.0. The van der Waals surface area contributed by atoms with Crippen LogP contribution in [0, 0.1) is 0 Å². The van der Waals surface area contributed by atoms with Crippen LogP contribution in [0.1, 0.15) is 42.9 Å². The third-order valence-electron chi connectivity index (χ3n) is 4.18. The van der Waals surface area contributed by atoms with Crippen LogP contribution < -0.4 is 16.7 Å². The number of methoxy groups -OCH3 is 1. The van der Waals surface area contributed by atoms with E-state index in [0.29, 0.717) is 0 Å². The molecule has 0 radical (unpaired) electrons. The number of nitrogens with two attached hydrogens (primary N) is 1. The van der Waals surface area contributed by atoms with Crippen molar-refractivity contribution in [3.8, 4) is 0 Å². The average molecular weight is 413 g/mol. The number of benzene rings is 1. The Morgan fingerprint density at radius 3 is 2.47 bits per heavy atom. The maximum Gasteiger partial charge on any atom is 0.353 e. The van der Waals surface area contributed by atoms with Crippen molar-refractivity contribution in [2.24, 2.45) is 5.73 Å². The van der Waals surface area contributed by atoms with Crippen molar-refractivity contribution in [1.29, 1.82) is 0 Å². The number of nitrogens with one attached hydrogen (secondary N) is 2. The summed E-state index contributed by atoms with van der Waals surface area (Å²) >= 11 is 0. The molecule has 2 amide bonds. The molecule has 1 aromatic carbocycles. The molecule has 154 valence electrons. The Morgan fingerprint density at radius 1 is 1.23 bits per heavy atom. The van der Waals surface area contributed by atoms with Gasteiger partial charge in [0.05, 0.1) is 12.7 Å². The standard InChI is InChI=1S/C18H15N5O7/c1-30-17(28)9-4-2-8(3-5-9)13(14(19)24)22-15(25)10-6-11(16(26)27)23-12(21-10)7-20-18(23)29/h2-7,13H,1H3,(H2,19,24)(H,20,29)(H,22,25)(H,26,27)/t13-/m1/s1. The number of imidazole rings is 1. The van der Waals surface area contributed by atoms with E-state index < -0.39 is 41.2 Å². The number of carbonyl (C=O) groups excluding carboxylic acids is 3. The van der Waals surface area contributed by atoms with Crippen molar-refractivity contribution in [3.63, 3.8) is 0 Å². The fraction of sp³-hybridized carbons (Fsp3) is 0.111. The van der Waals surface area contributed by atoms with E-state index in [1.54, 1.807) is 0 Å². The Kier molecular flexibility index (Phi) is 5.31. The predicted molar refractivity (Wildman–Crippen MR) is 100.0 cm³/mol. The molecule has 0 bridgehead atoms. The molecule has 0 aliphatic heterocycles. The summed E-state index contributed by atoms with van der Waals surface area (Å²) in [7, 11) is 1.22. The number of carboxylic acid groups (broad SMARTS) is 1. The molecule has 0 spiro atoms. The number of hydrogen-bond acceptors (Lipinski definition) is 7. The van der Waals surface area contributed by atoms with Crippen molar-refractivity contribution >= 4 is 29.4 Å². The highest BCUT2D eigenvalue weighted by Gasteiger charge is 2.24. The molecule has 0 saturated carbocycles. The van der Waals surface area contributed by atoms with E-state index >= 15 is 0 Å². The molecule has 0 aliphatic rings. The number of esters is 1. The molecule has 3 aromatic rings. The number of carbonyl (C=O) groups is 4. The van der Waals surface area contributed by atoms with Gasteiger partial charge in [0.2, 0.25) is 5.91 Å². The maximum absolute atomic E-state index is 12.6. The van der Waals surface area contributed by atoms with Gasteiger partial charge in [-0.1, -0.05) is 12.1 Å². The lowest BCUT2D eigenvalue weighted by Crippen LogP contribution is -2.38. The van der Waals surface area contributed by atoms with Crippen LogP contribution in [0.2, 0.25) is 0 Å². The smallest absolute Gasteiger partial charge is 0.353 e. The fourth-order valence-electron chi connectivity index (χ4n) is 2.75. The number of rotatable bonds is 6. The molecular formula is C18H15N5O7. The summed E-state index contributed by atoms with van der Waals surface area (Å²) in [6.45, 7) is 0. The first-order chi connectivity index (χ1) is 14.2. The maximum atomic E-state index is 12.6. The second-order valence-electron chi connectivity index (χ2n) is 6.04. The molecule has 2 aromatic heterocycles. The summed E-state index contributed by atoms with van der Waals surface area (Å²) in [6.07, 6.45) is 1.14. The molecule has 2 heterocycles. The highest BCUT2D eigenvalue weighted by atomic mass is 16.5.